The van der Waals surface area contributed by atoms with Gasteiger partial charge in [0.1, 0.15) is 5.54 Å². The molecule has 1 aliphatic rings. The van der Waals surface area contributed by atoms with Gasteiger partial charge in [-0.3, -0.25) is 9.69 Å². The van der Waals surface area contributed by atoms with Gasteiger partial charge in [0.25, 0.3) is 5.91 Å². The molecule has 2 aromatic carbocycles. The van der Waals surface area contributed by atoms with Crippen LogP contribution in [0.3, 0.4) is 0 Å². The van der Waals surface area contributed by atoms with Gasteiger partial charge < -0.3 is 10.1 Å². The molecule has 1 N–H and O–H groups in total. The first-order valence-electron chi connectivity index (χ1n) is 7.77. The maximum Gasteiger partial charge on any atom is 0.325 e. The second-order valence-corrected chi connectivity index (χ2v) is 5.77. The van der Waals surface area contributed by atoms with Gasteiger partial charge in [0.15, 0.2) is 0 Å². The lowest BCUT2D eigenvalue weighted by Crippen LogP contribution is -2.41. The predicted molar refractivity (Wildman–Crippen MR) is 88.0 cm³/mol. The Morgan fingerprint density at radius 3 is 2.61 bits per heavy atom. The van der Waals surface area contributed by atoms with Crippen LogP contribution >= 0.6 is 0 Å². The van der Waals surface area contributed by atoms with E-state index in [0.717, 1.165) is 16.3 Å². The van der Waals surface area contributed by atoms with Gasteiger partial charge in [0, 0.05) is 6.61 Å². The number of nitrogens with one attached hydrogen (secondary N) is 1. The van der Waals surface area contributed by atoms with Crippen molar-refractivity contribution in [2.75, 3.05) is 19.8 Å². The molecule has 1 aliphatic heterocycles. The van der Waals surface area contributed by atoms with E-state index in [1.54, 1.807) is 6.92 Å². The molecule has 3 rings (SSSR count). The number of carbonyl (C=O) groups is 2. The van der Waals surface area contributed by atoms with Gasteiger partial charge in [0.05, 0.1) is 13.2 Å². The summed E-state index contributed by atoms with van der Waals surface area (Å²) in [6.07, 6.45) is 0. The summed E-state index contributed by atoms with van der Waals surface area (Å²) in [5, 5.41) is 4.96. The van der Waals surface area contributed by atoms with E-state index in [-0.39, 0.29) is 18.5 Å². The van der Waals surface area contributed by atoms with Crippen LogP contribution < -0.4 is 5.32 Å². The summed E-state index contributed by atoms with van der Waals surface area (Å²) in [4.78, 5) is 26.2. The summed E-state index contributed by atoms with van der Waals surface area (Å²) >= 11 is 0. The fraction of sp³-hybridized carbons (Fsp3) is 0.333. The van der Waals surface area contributed by atoms with E-state index in [9.17, 15) is 9.59 Å². The Bertz CT molecular complexity index is 759. The first kappa shape index (κ1) is 15.5. The lowest BCUT2D eigenvalue weighted by molar-refractivity contribution is -0.131. The van der Waals surface area contributed by atoms with Gasteiger partial charge in [-0.05, 0) is 36.2 Å². The average molecular weight is 312 g/mol. The van der Waals surface area contributed by atoms with E-state index >= 15 is 0 Å². The van der Waals surface area contributed by atoms with Gasteiger partial charge in [-0.15, -0.1) is 0 Å². The van der Waals surface area contributed by atoms with E-state index in [1.807, 2.05) is 49.4 Å². The summed E-state index contributed by atoms with van der Waals surface area (Å²) in [6.45, 7) is 4.81. The fourth-order valence-corrected chi connectivity index (χ4v) is 2.90. The number of urea groups is 1. The van der Waals surface area contributed by atoms with Crippen molar-refractivity contribution in [1.82, 2.24) is 10.2 Å². The largest absolute Gasteiger partial charge is 0.380 e. The van der Waals surface area contributed by atoms with E-state index < -0.39 is 5.54 Å². The fourth-order valence-electron chi connectivity index (χ4n) is 2.90. The smallest absolute Gasteiger partial charge is 0.325 e. The Balaban J connectivity index is 1.90. The number of nitrogens with zero attached hydrogens (tertiary/aromatic N) is 1. The number of benzene rings is 2. The lowest BCUT2D eigenvalue weighted by Gasteiger charge is -2.22. The minimum absolute atomic E-state index is 0.238. The molecule has 3 amide bonds. The zero-order valence-electron chi connectivity index (χ0n) is 13.3. The number of hydrogen-bond donors (Lipinski definition) is 1. The van der Waals surface area contributed by atoms with Crippen molar-refractivity contribution in [3.63, 3.8) is 0 Å². The molecule has 1 atom stereocenters. The quantitative estimate of drug-likeness (QED) is 0.682. The summed E-state index contributed by atoms with van der Waals surface area (Å²) in [5.41, 5.74) is -0.249. The maximum atomic E-state index is 12.8. The molecule has 2 aromatic rings. The Morgan fingerprint density at radius 1 is 1.13 bits per heavy atom. The first-order chi connectivity index (χ1) is 11.1. The van der Waals surface area contributed by atoms with Crippen molar-refractivity contribution in [3.05, 3.63) is 48.0 Å². The third kappa shape index (κ3) is 2.68. The molecule has 5 nitrogen and oxygen atoms in total. The number of imide groups is 1. The van der Waals surface area contributed by atoms with Crippen LogP contribution in [0.25, 0.3) is 10.8 Å². The molecule has 0 unspecified atom stereocenters. The molecule has 5 heteroatoms. The van der Waals surface area contributed by atoms with Crippen LogP contribution in [0.5, 0.6) is 0 Å². The third-order valence-electron chi connectivity index (χ3n) is 4.27. The second kappa shape index (κ2) is 6.01. The minimum Gasteiger partial charge on any atom is -0.380 e. The maximum absolute atomic E-state index is 12.8. The molecule has 120 valence electrons. The summed E-state index contributed by atoms with van der Waals surface area (Å²) in [7, 11) is 0. The van der Waals surface area contributed by atoms with E-state index in [2.05, 4.69) is 5.32 Å². The normalized spacial score (nSPS) is 21.0. The molecule has 1 saturated heterocycles. The van der Waals surface area contributed by atoms with Crippen LogP contribution in [0, 0.1) is 0 Å². The van der Waals surface area contributed by atoms with Crippen LogP contribution in [-0.2, 0) is 15.1 Å². The average Bonchev–Trinajstić information content (AvgIpc) is 2.78. The zero-order chi connectivity index (χ0) is 16.4. The van der Waals surface area contributed by atoms with Crippen molar-refractivity contribution >= 4 is 22.7 Å². The molecular weight excluding hydrogens is 292 g/mol. The molecule has 1 fully saturated rings. The number of carbonyl (C=O) groups excluding carboxylic acids is 2. The molecule has 0 aromatic heterocycles. The minimum atomic E-state index is -1.03. The number of hydrogen-bond acceptors (Lipinski definition) is 3. The Labute approximate surface area is 135 Å². The van der Waals surface area contributed by atoms with Crippen molar-refractivity contribution in [2.45, 2.75) is 19.4 Å². The van der Waals surface area contributed by atoms with Crippen LogP contribution in [0.2, 0.25) is 0 Å². The SMILES string of the molecule is CCOCCN1C(=O)N[C@@](C)(c2ccc3ccccc3c2)C1=O. The van der Waals surface area contributed by atoms with Gasteiger partial charge in [0.2, 0.25) is 0 Å². The van der Waals surface area contributed by atoms with Gasteiger partial charge in [-0.2, -0.15) is 0 Å². The zero-order valence-corrected chi connectivity index (χ0v) is 13.3. The summed E-state index contributed by atoms with van der Waals surface area (Å²) in [5.74, 6) is -0.238. The highest BCUT2D eigenvalue weighted by Crippen LogP contribution is 2.30. The number of amides is 3. The van der Waals surface area contributed by atoms with Crippen LogP contribution in [0.1, 0.15) is 19.4 Å². The standard InChI is InChI=1S/C18H20N2O3/c1-3-23-11-10-20-16(21)18(2,19-17(20)22)15-9-8-13-6-4-5-7-14(13)12-15/h4-9,12H,3,10-11H2,1-2H3,(H,19,22)/t18-/m0/s1. The molecular formula is C18H20N2O3. The van der Waals surface area contributed by atoms with Crippen molar-refractivity contribution in [1.29, 1.82) is 0 Å². The Kier molecular flexibility index (Phi) is 4.05. The van der Waals surface area contributed by atoms with Crippen molar-refractivity contribution in [3.8, 4) is 0 Å². The summed E-state index contributed by atoms with van der Waals surface area (Å²) < 4.78 is 5.25. The lowest BCUT2D eigenvalue weighted by atomic mass is 9.90. The molecule has 0 radical (unpaired) electrons. The van der Waals surface area contributed by atoms with Gasteiger partial charge in [-0.1, -0.05) is 36.4 Å². The van der Waals surface area contributed by atoms with Crippen LogP contribution in [0.4, 0.5) is 4.79 Å². The van der Waals surface area contributed by atoms with Crippen molar-refractivity contribution in [2.24, 2.45) is 0 Å². The highest BCUT2D eigenvalue weighted by molar-refractivity contribution is 6.07. The molecule has 0 aliphatic carbocycles. The van der Waals surface area contributed by atoms with Crippen LogP contribution in [0.15, 0.2) is 42.5 Å². The number of rotatable bonds is 5. The molecule has 0 spiro atoms. The predicted octanol–water partition coefficient (Wildman–Crippen LogP) is 2.64. The van der Waals surface area contributed by atoms with E-state index in [0.29, 0.717) is 13.2 Å². The Hall–Kier alpha value is -2.40. The van der Waals surface area contributed by atoms with Gasteiger partial charge >= 0.3 is 6.03 Å². The summed E-state index contributed by atoms with van der Waals surface area (Å²) in [6, 6.07) is 13.4. The Morgan fingerprint density at radius 2 is 1.87 bits per heavy atom. The monoisotopic (exact) mass is 312 g/mol. The molecule has 0 bridgehead atoms. The van der Waals surface area contributed by atoms with Crippen LogP contribution in [-0.4, -0.2) is 36.6 Å². The molecule has 0 saturated carbocycles. The number of ether oxygens (including phenoxy) is 1. The topological polar surface area (TPSA) is 58.6 Å². The molecule has 1 heterocycles. The van der Waals surface area contributed by atoms with Crippen molar-refractivity contribution < 1.29 is 14.3 Å². The van der Waals surface area contributed by atoms with Gasteiger partial charge in [-0.25, -0.2) is 4.79 Å². The third-order valence-corrected chi connectivity index (χ3v) is 4.27. The number of fused-ring (bicyclic) bond motifs is 1. The first-order valence-corrected chi connectivity index (χ1v) is 7.77. The highest BCUT2D eigenvalue weighted by atomic mass is 16.5. The molecule has 23 heavy (non-hydrogen) atoms. The van der Waals surface area contributed by atoms with E-state index in [1.165, 1.54) is 4.90 Å². The second-order valence-electron chi connectivity index (χ2n) is 5.77. The highest BCUT2D eigenvalue weighted by Gasteiger charge is 2.48. The van der Waals surface area contributed by atoms with E-state index in [4.69, 9.17) is 4.74 Å².